The summed E-state index contributed by atoms with van der Waals surface area (Å²) < 4.78 is 35.6. The van der Waals surface area contributed by atoms with Gasteiger partial charge in [0.15, 0.2) is 5.71 Å². The van der Waals surface area contributed by atoms with Crippen molar-refractivity contribution in [2.75, 3.05) is 18.0 Å². The van der Waals surface area contributed by atoms with Gasteiger partial charge in [0.2, 0.25) is 5.69 Å². The van der Waals surface area contributed by atoms with Gasteiger partial charge >= 0.3 is 5.97 Å². The number of aliphatic carboxylic acids is 1. The van der Waals surface area contributed by atoms with E-state index < -0.39 is 21.5 Å². The first-order valence-electron chi connectivity index (χ1n) is 15.3. The Labute approximate surface area is 262 Å². The van der Waals surface area contributed by atoms with Gasteiger partial charge in [0.25, 0.3) is 10.1 Å². The standard InChI is InChI=1S/C36H44N2O5S/c1-7-37-30-21-19-26(2)24-28(30)35(3,4)32(37)16-12-9-8-10-13-17-33-36(5,6)29-25-27(44(41,42)43)20-22-31(29)38(33)23-15-11-14-18-34(39)40/h8-10,12-13,16-17,19-22,24-25H,7,11,14-15,18,23H2,1-6H3,(H-,39,40,41,42,43)/p+1. The Balaban J connectivity index is 1.55. The second-order valence-corrected chi connectivity index (χ2v) is 14.0. The van der Waals surface area contributed by atoms with Crippen molar-refractivity contribution in [2.45, 2.75) is 83.0 Å². The maximum atomic E-state index is 11.9. The van der Waals surface area contributed by atoms with Crippen molar-refractivity contribution in [1.82, 2.24) is 0 Å². The molecule has 4 rings (SSSR count). The fourth-order valence-electron chi connectivity index (χ4n) is 6.39. The van der Waals surface area contributed by atoms with E-state index in [4.69, 9.17) is 5.11 Å². The van der Waals surface area contributed by atoms with Gasteiger partial charge in [0.05, 0.1) is 10.3 Å². The molecule has 0 amide bonds. The predicted octanol–water partition coefficient (Wildman–Crippen LogP) is 7.63. The van der Waals surface area contributed by atoms with Crippen LogP contribution in [0.4, 0.5) is 11.4 Å². The maximum Gasteiger partial charge on any atom is 0.303 e. The third-order valence-electron chi connectivity index (χ3n) is 8.75. The first-order valence-corrected chi connectivity index (χ1v) is 16.7. The highest BCUT2D eigenvalue weighted by molar-refractivity contribution is 7.85. The van der Waals surface area contributed by atoms with Crippen LogP contribution in [0.2, 0.25) is 0 Å². The molecule has 44 heavy (non-hydrogen) atoms. The van der Waals surface area contributed by atoms with Crippen LogP contribution in [0, 0.1) is 6.92 Å². The highest BCUT2D eigenvalue weighted by Crippen LogP contribution is 2.48. The van der Waals surface area contributed by atoms with Crippen LogP contribution in [0.1, 0.15) is 77.0 Å². The molecule has 2 aromatic rings. The molecule has 0 spiro atoms. The monoisotopic (exact) mass is 617 g/mol. The number of hydrogen-bond donors (Lipinski definition) is 2. The molecular weight excluding hydrogens is 572 g/mol. The lowest BCUT2D eigenvalue weighted by atomic mass is 9.81. The molecule has 0 unspecified atom stereocenters. The lowest BCUT2D eigenvalue weighted by Gasteiger charge is -2.25. The average molecular weight is 618 g/mol. The molecule has 2 heterocycles. The summed E-state index contributed by atoms with van der Waals surface area (Å²) >= 11 is 0. The molecule has 0 saturated carbocycles. The van der Waals surface area contributed by atoms with Crippen LogP contribution < -0.4 is 4.90 Å². The highest BCUT2D eigenvalue weighted by atomic mass is 32.2. The van der Waals surface area contributed by atoms with E-state index >= 15 is 0 Å². The molecule has 2 aliphatic heterocycles. The molecule has 234 valence electrons. The minimum Gasteiger partial charge on any atom is -0.481 e. The molecule has 0 atom stereocenters. The van der Waals surface area contributed by atoms with Gasteiger partial charge < -0.3 is 10.0 Å². The number of fused-ring (bicyclic) bond motifs is 2. The minimum absolute atomic E-state index is 0.0860. The van der Waals surface area contributed by atoms with E-state index in [-0.39, 0.29) is 16.7 Å². The molecule has 0 aliphatic carbocycles. The summed E-state index contributed by atoms with van der Waals surface area (Å²) in [6, 6.07) is 11.4. The quantitative estimate of drug-likeness (QED) is 0.110. The van der Waals surface area contributed by atoms with Crippen molar-refractivity contribution in [1.29, 1.82) is 0 Å². The largest absolute Gasteiger partial charge is 0.481 e. The number of carboxylic acids is 1. The van der Waals surface area contributed by atoms with Crippen molar-refractivity contribution in [3.8, 4) is 0 Å². The number of hydrogen-bond acceptors (Lipinski definition) is 4. The summed E-state index contributed by atoms with van der Waals surface area (Å²) in [4.78, 5) is 13.2. The number of aryl methyl sites for hydroxylation is 1. The van der Waals surface area contributed by atoms with E-state index in [1.165, 1.54) is 28.6 Å². The molecule has 0 aromatic heterocycles. The summed E-state index contributed by atoms with van der Waals surface area (Å²) in [7, 11) is -4.34. The summed E-state index contributed by atoms with van der Waals surface area (Å²) in [5.74, 6) is -0.794. The fourth-order valence-corrected chi connectivity index (χ4v) is 6.90. The highest BCUT2D eigenvalue weighted by Gasteiger charge is 2.44. The van der Waals surface area contributed by atoms with Crippen molar-refractivity contribution in [2.24, 2.45) is 0 Å². The number of carboxylic acid groups (broad SMARTS) is 1. The average Bonchev–Trinajstić information content (AvgIpc) is 3.29. The number of allylic oxidation sites excluding steroid dienone is 8. The molecule has 2 aromatic carbocycles. The van der Waals surface area contributed by atoms with Gasteiger partial charge in [0.1, 0.15) is 6.54 Å². The van der Waals surface area contributed by atoms with Gasteiger partial charge in [-0.1, -0.05) is 61.9 Å². The normalized spacial score (nSPS) is 18.3. The van der Waals surface area contributed by atoms with Crippen molar-refractivity contribution < 1.29 is 27.4 Å². The summed E-state index contributed by atoms with van der Waals surface area (Å²) in [5, 5.41) is 8.97. The van der Waals surface area contributed by atoms with Crippen LogP contribution in [-0.4, -0.2) is 47.4 Å². The Kier molecular flexibility index (Phi) is 9.86. The number of benzene rings is 2. The lowest BCUT2D eigenvalue weighted by molar-refractivity contribution is -0.438. The number of anilines is 1. The SMILES string of the molecule is CCN1C(=CC=CC=CC=CC2=[N+](CCCCCC(=O)O)c3ccc(S(=O)(=O)O)cc3C2(C)C)C(C)(C)c2cc(C)ccc21. The van der Waals surface area contributed by atoms with Gasteiger partial charge in [-0.25, -0.2) is 0 Å². The van der Waals surface area contributed by atoms with Crippen LogP contribution in [-0.2, 0) is 25.7 Å². The first kappa shape index (κ1) is 33.1. The molecule has 0 saturated heterocycles. The van der Waals surface area contributed by atoms with E-state index in [0.717, 1.165) is 36.3 Å². The van der Waals surface area contributed by atoms with Gasteiger partial charge in [-0.2, -0.15) is 13.0 Å². The Morgan fingerprint density at radius 3 is 2.30 bits per heavy atom. The van der Waals surface area contributed by atoms with Crippen molar-refractivity contribution in [3.63, 3.8) is 0 Å². The van der Waals surface area contributed by atoms with Gasteiger partial charge in [-0.3, -0.25) is 9.35 Å². The van der Waals surface area contributed by atoms with Gasteiger partial charge in [-0.15, -0.1) is 0 Å². The zero-order valence-corrected chi connectivity index (χ0v) is 27.5. The number of unbranched alkanes of at least 4 members (excludes halogenated alkanes) is 2. The first-order chi connectivity index (χ1) is 20.7. The van der Waals surface area contributed by atoms with Crippen molar-refractivity contribution in [3.05, 3.63) is 101 Å². The van der Waals surface area contributed by atoms with E-state index in [0.29, 0.717) is 13.0 Å². The molecular formula is C36H45N2O5S+. The predicted molar refractivity (Wildman–Crippen MR) is 178 cm³/mol. The molecule has 0 bridgehead atoms. The van der Waals surface area contributed by atoms with Crippen LogP contribution in [0.3, 0.4) is 0 Å². The van der Waals surface area contributed by atoms with Crippen molar-refractivity contribution >= 4 is 33.2 Å². The molecule has 0 radical (unpaired) electrons. The summed E-state index contributed by atoms with van der Waals surface area (Å²) in [6.45, 7) is 14.5. The summed E-state index contributed by atoms with van der Waals surface area (Å²) in [5.41, 5.74) is 7.29. The Bertz CT molecular complexity index is 1690. The van der Waals surface area contributed by atoms with E-state index in [1.54, 1.807) is 12.1 Å². The smallest absolute Gasteiger partial charge is 0.303 e. The van der Waals surface area contributed by atoms with E-state index in [1.807, 2.05) is 44.2 Å². The number of nitrogens with zero attached hydrogens (tertiary/aromatic N) is 2. The Morgan fingerprint density at radius 2 is 1.61 bits per heavy atom. The number of likely N-dealkylation sites (N-methyl/N-ethyl adjacent to an activating group) is 1. The zero-order valence-electron chi connectivity index (χ0n) is 26.7. The third-order valence-corrected chi connectivity index (χ3v) is 9.60. The van der Waals surface area contributed by atoms with Crippen LogP contribution in [0.5, 0.6) is 0 Å². The number of carbonyl (C=O) groups is 1. The zero-order chi connectivity index (χ0) is 32.3. The van der Waals surface area contributed by atoms with E-state index in [9.17, 15) is 17.8 Å². The Morgan fingerprint density at radius 1 is 0.909 bits per heavy atom. The van der Waals surface area contributed by atoms with E-state index in [2.05, 4.69) is 67.5 Å². The van der Waals surface area contributed by atoms with Gasteiger partial charge in [0, 0.05) is 53.9 Å². The molecule has 2 N–H and O–H groups in total. The second-order valence-electron chi connectivity index (χ2n) is 12.6. The third kappa shape index (κ3) is 6.81. The number of rotatable bonds is 12. The minimum atomic E-state index is -4.34. The van der Waals surface area contributed by atoms with Crippen LogP contribution >= 0.6 is 0 Å². The molecule has 7 nitrogen and oxygen atoms in total. The lowest BCUT2D eigenvalue weighted by Crippen LogP contribution is -2.28. The Hall–Kier alpha value is -3.75. The molecule has 0 fully saturated rings. The molecule has 8 heteroatoms. The second kappa shape index (κ2) is 13.1. The topological polar surface area (TPSA) is 97.9 Å². The molecule has 2 aliphatic rings. The van der Waals surface area contributed by atoms with Gasteiger partial charge in [-0.05, 0) is 70.4 Å². The van der Waals surface area contributed by atoms with Crippen LogP contribution in [0.15, 0.2) is 89.5 Å². The summed E-state index contributed by atoms with van der Waals surface area (Å²) in [6.07, 6.45) is 16.6. The maximum absolute atomic E-state index is 11.9. The fraction of sp³-hybridized carbons (Fsp3) is 0.389. The van der Waals surface area contributed by atoms with Crippen LogP contribution in [0.25, 0.3) is 0 Å².